The van der Waals surface area contributed by atoms with Crippen molar-refractivity contribution in [2.24, 2.45) is 0 Å². The number of aromatic nitrogens is 1. The summed E-state index contributed by atoms with van der Waals surface area (Å²) in [6.07, 6.45) is 1.86. The largest absolute Gasteiger partial charge is 0.338 e. The number of hydrogen-bond donors (Lipinski definition) is 1. The van der Waals surface area contributed by atoms with E-state index in [2.05, 4.69) is 22.0 Å². The summed E-state index contributed by atoms with van der Waals surface area (Å²) in [6.45, 7) is 2.87. The molecular weight excluding hydrogens is 453 g/mol. The lowest BCUT2D eigenvalue weighted by atomic mass is 9.99. The highest BCUT2D eigenvalue weighted by molar-refractivity contribution is 5.88. The van der Waals surface area contributed by atoms with Crippen LogP contribution in [0, 0.1) is 5.82 Å². The van der Waals surface area contributed by atoms with Gasteiger partial charge in [-0.15, -0.1) is 0 Å². The van der Waals surface area contributed by atoms with E-state index in [-0.39, 0.29) is 17.6 Å². The second-order valence-electron chi connectivity index (χ2n) is 9.11. The maximum absolute atomic E-state index is 13.6. The number of nitrogens with one attached hydrogen (secondary N) is 1. The first kappa shape index (κ1) is 23.5. The van der Waals surface area contributed by atoms with Crippen molar-refractivity contribution in [1.29, 1.82) is 0 Å². The van der Waals surface area contributed by atoms with Crippen molar-refractivity contribution >= 4 is 17.5 Å². The molecule has 1 aliphatic heterocycles. The number of halogens is 1. The highest BCUT2D eigenvalue weighted by atomic mass is 19.1. The summed E-state index contributed by atoms with van der Waals surface area (Å²) in [5.74, 6) is -0.276. The smallest absolute Gasteiger partial charge is 0.223 e. The molecule has 6 heteroatoms. The van der Waals surface area contributed by atoms with Gasteiger partial charge in [0.25, 0.3) is 0 Å². The third-order valence-electron chi connectivity index (χ3n) is 6.63. The molecular formula is C30H28FN3O2. The van der Waals surface area contributed by atoms with Gasteiger partial charge in [-0.2, -0.15) is 0 Å². The van der Waals surface area contributed by atoms with Crippen LogP contribution in [0.2, 0.25) is 0 Å². The van der Waals surface area contributed by atoms with Crippen LogP contribution in [0.15, 0.2) is 84.9 Å². The minimum atomic E-state index is -0.287. The highest BCUT2D eigenvalue weighted by Crippen LogP contribution is 2.29. The first-order valence-electron chi connectivity index (χ1n) is 12.2. The Morgan fingerprint density at radius 3 is 2.33 bits per heavy atom. The van der Waals surface area contributed by atoms with Crippen LogP contribution in [0.25, 0.3) is 16.9 Å². The molecule has 0 bridgehead atoms. The van der Waals surface area contributed by atoms with E-state index < -0.39 is 0 Å². The van der Waals surface area contributed by atoms with Crippen LogP contribution in [0.1, 0.15) is 30.2 Å². The Kier molecular flexibility index (Phi) is 6.67. The number of amides is 2. The molecule has 1 N–H and O–H groups in total. The van der Waals surface area contributed by atoms with Crippen molar-refractivity contribution in [3.8, 4) is 16.9 Å². The molecule has 3 aromatic carbocycles. The van der Waals surface area contributed by atoms with Crippen molar-refractivity contribution in [3.63, 3.8) is 0 Å². The number of aryl methyl sites for hydroxylation is 1. The van der Waals surface area contributed by atoms with Gasteiger partial charge in [0.15, 0.2) is 0 Å². The molecule has 1 aromatic heterocycles. The summed E-state index contributed by atoms with van der Waals surface area (Å²) < 4.78 is 15.7. The molecule has 36 heavy (non-hydrogen) atoms. The van der Waals surface area contributed by atoms with Crippen molar-refractivity contribution in [2.75, 3.05) is 11.9 Å². The second kappa shape index (κ2) is 10.2. The molecule has 2 heterocycles. The highest BCUT2D eigenvalue weighted by Gasteiger charge is 2.21. The van der Waals surface area contributed by atoms with E-state index in [0.29, 0.717) is 25.1 Å². The first-order valence-corrected chi connectivity index (χ1v) is 12.2. The zero-order chi connectivity index (χ0) is 25.1. The number of fused-ring (bicyclic) bond motifs is 1. The van der Waals surface area contributed by atoms with E-state index in [1.807, 2.05) is 53.4 Å². The quantitative estimate of drug-likeness (QED) is 0.381. The number of carbonyl (C=O) groups excluding carboxylic acids is 2. The topological polar surface area (TPSA) is 54.3 Å². The molecule has 1 aliphatic rings. The molecule has 5 nitrogen and oxygen atoms in total. The minimum absolute atomic E-state index is 0.129. The van der Waals surface area contributed by atoms with Crippen LogP contribution in [-0.2, 0) is 29.0 Å². The van der Waals surface area contributed by atoms with Gasteiger partial charge in [-0.25, -0.2) is 4.39 Å². The summed E-state index contributed by atoms with van der Waals surface area (Å²) in [7, 11) is 0. The molecule has 0 fully saturated rings. The number of benzene rings is 3. The predicted molar refractivity (Wildman–Crippen MR) is 139 cm³/mol. The number of carbonyl (C=O) groups is 2. The Bertz CT molecular complexity index is 1390. The molecule has 0 saturated carbocycles. The molecule has 0 saturated heterocycles. The van der Waals surface area contributed by atoms with Crippen molar-refractivity contribution in [1.82, 2.24) is 9.47 Å². The summed E-state index contributed by atoms with van der Waals surface area (Å²) in [6, 6.07) is 26.3. The Hall–Kier alpha value is -4.19. The van der Waals surface area contributed by atoms with Crippen LogP contribution in [-0.4, -0.2) is 27.8 Å². The second-order valence-corrected chi connectivity index (χ2v) is 9.11. The summed E-state index contributed by atoms with van der Waals surface area (Å²) >= 11 is 0. The van der Waals surface area contributed by atoms with Crippen LogP contribution >= 0.6 is 0 Å². The lowest BCUT2D eigenvalue weighted by molar-refractivity contribution is -0.132. The normalized spacial score (nSPS) is 12.8. The van der Waals surface area contributed by atoms with E-state index in [1.165, 1.54) is 30.2 Å². The van der Waals surface area contributed by atoms with Gasteiger partial charge in [-0.3, -0.25) is 9.59 Å². The van der Waals surface area contributed by atoms with Crippen LogP contribution in [0.5, 0.6) is 0 Å². The van der Waals surface area contributed by atoms with Crippen LogP contribution in [0.4, 0.5) is 10.1 Å². The van der Waals surface area contributed by atoms with Gasteiger partial charge in [0, 0.05) is 43.5 Å². The fourth-order valence-corrected chi connectivity index (χ4v) is 4.82. The van der Waals surface area contributed by atoms with Gasteiger partial charge in [-0.1, -0.05) is 24.3 Å². The van der Waals surface area contributed by atoms with Gasteiger partial charge in [0.2, 0.25) is 11.8 Å². The third kappa shape index (κ3) is 5.08. The zero-order valence-electron chi connectivity index (χ0n) is 20.2. The van der Waals surface area contributed by atoms with Gasteiger partial charge in [0.1, 0.15) is 5.82 Å². The van der Waals surface area contributed by atoms with Gasteiger partial charge in [-0.05, 0) is 90.2 Å². The molecule has 0 radical (unpaired) electrons. The lowest BCUT2D eigenvalue weighted by Gasteiger charge is -2.29. The van der Waals surface area contributed by atoms with Gasteiger partial charge < -0.3 is 14.8 Å². The molecule has 0 unspecified atom stereocenters. The Morgan fingerprint density at radius 1 is 0.889 bits per heavy atom. The van der Waals surface area contributed by atoms with Gasteiger partial charge in [0.05, 0.1) is 5.69 Å². The fourth-order valence-electron chi connectivity index (χ4n) is 4.82. The van der Waals surface area contributed by atoms with Crippen molar-refractivity contribution in [2.45, 2.75) is 32.7 Å². The van der Waals surface area contributed by atoms with Crippen LogP contribution in [0.3, 0.4) is 0 Å². The maximum atomic E-state index is 13.6. The lowest BCUT2D eigenvalue weighted by Crippen LogP contribution is -2.36. The van der Waals surface area contributed by atoms with E-state index in [1.54, 1.807) is 12.1 Å². The summed E-state index contributed by atoms with van der Waals surface area (Å²) in [5.41, 5.74) is 6.95. The van der Waals surface area contributed by atoms with E-state index in [4.69, 9.17) is 0 Å². The predicted octanol–water partition coefficient (Wildman–Crippen LogP) is 5.76. The molecule has 0 atom stereocenters. The number of nitrogens with zero attached hydrogens (tertiary/aromatic N) is 2. The number of hydrogen-bond acceptors (Lipinski definition) is 2. The molecule has 4 aromatic rings. The summed E-state index contributed by atoms with van der Waals surface area (Å²) in [5, 5.41) is 2.79. The molecule has 5 rings (SSSR count). The van der Waals surface area contributed by atoms with Crippen molar-refractivity contribution in [3.05, 3.63) is 108 Å². The molecule has 0 aliphatic carbocycles. The average Bonchev–Trinajstić information content (AvgIpc) is 3.31. The maximum Gasteiger partial charge on any atom is 0.223 e. The average molecular weight is 482 g/mol. The van der Waals surface area contributed by atoms with Crippen molar-refractivity contribution < 1.29 is 14.0 Å². The van der Waals surface area contributed by atoms with Gasteiger partial charge >= 0.3 is 0 Å². The number of anilines is 1. The Labute approximate surface area is 210 Å². The van der Waals surface area contributed by atoms with E-state index >= 15 is 0 Å². The fraction of sp³-hybridized carbons (Fsp3) is 0.200. The van der Waals surface area contributed by atoms with Crippen LogP contribution < -0.4 is 5.32 Å². The van der Waals surface area contributed by atoms with E-state index in [0.717, 1.165) is 35.6 Å². The molecule has 182 valence electrons. The Morgan fingerprint density at radius 2 is 1.61 bits per heavy atom. The molecule has 2 amide bonds. The monoisotopic (exact) mass is 481 g/mol. The minimum Gasteiger partial charge on any atom is -0.338 e. The third-order valence-corrected chi connectivity index (χ3v) is 6.63. The number of rotatable bonds is 6. The summed E-state index contributed by atoms with van der Waals surface area (Å²) in [4.78, 5) is 26.5. The standard InChI is InChI=1S/C30H28FN3O2/c1-21(35)32-26-10-12-27(13-11-26)34-28(14-16-29(34)23-6-8-25(31)9-7-23)15-17-30(36)33-19-18-22-4-2-3-5-24(22)20-33/h2-14,16H,15,17-20H2,1H3,(H,32,35). The first-order chi connectivity index (χ1) is 17.5. The van der Waals surface area contributed by atoms with E-state index in [9.17, 15) is 14.0 Å². The SMILES string of the molecule is CC(=O)Nc1ccc(-n2c(CCC(=O)N3CCc4ccccc4C3)ccc2-c2ccc(F)cc2)cc1. The Balaban J connectivity index is 1.40. The molecule has 0 spiro atoms. The zero-order valence-corrected chi connectivity index (χ0v) is 20.2.